The summed E-state index contributed by atoms with van der Waals surface area (Å²) in [5, 5.41) is 0. The van der Waals surface area contributed by atoms with Gasteiger partial charge in [0.25, 0.3) is 0 Å². The zero-order valence-corrected chi connectivity index (χ0v) is 3.73. The number of carbonyl (C=O) groups excluding carboxylic acids is 1. The Bertz CT molecular complexity index is 65.2. The van der Waals surface area contributed by atoms with Gasteiger partial charge in [-0.2, -0.15) is 0 Å². The fourth-order valence-electron chi connectivity index (χ4n) is 0.0655. The lowest BCUT2D eigenvalue weighted by atomic mass is 10.7. The minimum Gasteiger partial charge on any atom is -0.274 e. The van der Waals surface area contributed by atoms with E-state index in [1.54, 1.807) is 0 Å². The second kappa shape index (κ2) is 4.70. The first-order chi connectivity index (χ1) is 2.91. The van der Waals surface area contributed by atoms with Crippen molar-refractivity contribution >= 4 is 17.8 Å². The van der Waals surface area contributed by atoms with Crippen molar-refractivity contribution in [2.24, 2.45) is 0 Å². The monoisotopic (exact) mass is 106 g/mol. The number of hydrogen-bond donors (Lipinski definition) is 0. The molecule has 0 aromatic rings. The van der Waals surface area contributed by atoms with E-state index in [2.05, 4.69) is 16.2 Å². The summed E-state index contributed by atoms with van der Waals surface area (Å²) < 4.78 is 3.94. The van der Waals surface area contributed by atoms with Crippen LogP contribution in [-0.2, 0) is 9.08 Å². The minimum atomic E-state index is 0.130. The molecule has 0 amide bonds. The molecule has 0 aliphatic heterocycles. The molecule has 0 rings (SSSR count). The molecule has 0 aromatic heterocycles. The summed E-state index contributed by atoms with van der Waals surface area (Å²) in [5.74, 6) is 1.48. The van der Waals surface area contributed by atoms with E-state index in [-0.39, 0.29) is 6.61 Å². The molecule has 0 saturated heterocycles. The standard InChI is InChI=1S/C3H3ClO2/c4-6-3-1-2-5/h1H,3H2. The third-order valence-electron chi connectivity index (χ3n) is 0.230. The molecular formula is C3H3ClO2. The van der Waals surface area contributed by atoms with Gasteiger partial charge >= 0.3 is 0 Å². The lowest BCUT2D eigenvalue weighted by molar-refractivity contribution is 0.404. The SMILES string of the molecule is O=C=CCOCl. The summed E-state index contributed by atoms with van der Waals surface area (Å²) >= 11 is 4.67. The number of hydrogen-bond acceptors (Lipinski definition) is 2. The van der Waals surface area contributed by atoms with Crippen molar-refractivity contribution in [1.29, 1.82) is 0 Å². The van der Waals surface area contributed by atoms with E-state index in [1.807, 2.05) is 0 Å². The molecule has 2 nitrogen and oxygen atoms in total. The van der Waals surface area contributed by atoms with Crippen LogP contribution in [0.1, 0.15) is 0 Å². The van der Waals surface area contributed by atoms with Gasteiger partial charge in [0.15, 0.2) is 0 Å². The highest BCUT2D eigenvalue weighted by Crippen LogP contribution is 1.74. The summed E-state index contributed by atoms with van der Waals surface area (Å²) in [6, 6.07) is 0. The van der Waals surface area contributed by atoms with Crippen molar-refractivity contribution in [2.75, 3.05) is 6.61 Å². The Morgan fingerprint density at radius 2 is 2.67 bits per heavy atom. The average molecular weight is 107 g/mol. The van der Waals surface area contributed by atoms with Crippen LogP contribution in [0.15, 0.2) is 6.08 Å². The van der Waals surface area contributed by atoms with Crippen molar-refractivity contribution in [1.82, 2.24) is 0 Å². The minimum absolute atomic E-state index is 0.130. The van der Waals surface area contributed by atoms with E-state index in [0.29, 0.717) is 0 Å². The molecule has 0 spiro atoms. The van der Waals surface area contributed by atoms with Crippen molar-refractivity contribution in [2.45, 2.75) is 0 Å². The summed E-state index contributed by atoms with van der Waals surface area (Å²) in [5.41, 5.74) is 0. The third kappa shape index (κ3) is 3.70. The molecule has 0 aromatic carbocycles. The highest BCUT2D eigenvalue weighted by Gasteiger charge is 1.66. The number of halogens is 1. The second-order valence-electron chi connectivity index (χ2n) is 0.598. The van der Waals surface area contributed by atoms with Gasteiger partial charge in [0.2, 0.25) is 0 Å². The smallest absolute Gasteiger partial charge is 0.122 e. The van der Waals surface area contributed by atoms with Crippen molar-refractivity contribution < 1.29 is 9.08 Å². The molecule has 0 atom stereocenters. The van der Waals surface area contributed by atoms with Gasteiger partial charge in [0.05, 0.1) is 18.5 Å². The predicted octanol–water partition coefficient (Wildman–Crippen LogP) is 0.545. The van der Waals surface area contributed by atoms with E-state index in [9.17, 15) is 4.79 Å². The van der Waals surface area contributed by atoms with E-state index >= 15 is 0 Å². The first-order valence-corrected chi connectivity index (χ1v) is 1.65. The third-order valence-corrected chi connectivity index (χ3v) is 0.356. The highest BCUT2D eigenvalue weighted by atomic mass is 35.5. The van der Waals surface area contributed by atoms with E-state index < -0.39 is 0 Å². The molecule has 0 bridgehead atoms. The molecule has 0 fully saturated rings. The lowest BCUT2D eigenvalue weighted by Gasteiger charge is -1.73. The lowest BCUT2D eigenvalue weighted by Crippen LogP contribution is -1.72. The molecule has 0 unspecified atom stereocenters. The largest absolute Gasteiger partial charge is 0.274 e. The van der Waals surface area contributed by atoms with Gasteiger partial charge in [-0.1, -0.05) is 0 Å². The molecule has 0 radical (unpaired) electrons. The maximum atomic E-state index is 9.24. The molecule has 6 heavy (non-hydrogen) atoms. The zero-order chi connectivity index (χ0) is 4.83. The van der Waals surface area contributed by atoms with Gasteiger partial charge in [-0.3, -0.25) is 4.29 Å². The van der Waals surface area contributed by atoms with Crippen LogP contribution in [0.4, 0.5) is 0 Å². The summed E-state index contributed by atoms with van der Waals surface area (Å²) in [6.07, 6.45) is 1.15. The molecule has 0 aliphatic carbocycles. The van der Waals surface area contributed by atoms with E-state index in [4.69, 9.17) is 0 Å². The molecular weight excluding hydrogens is 103 g/mol. The van der Waals surface area contributed by atoms with Crippen LogP contribution >= 0.6 is 11.9 Å². The van der Waals surface area contributed by atoms with Crippen LogP contribution in [-0.4, -0.2) is 12.5 Å². The Labute approximate surface area is 40.5 Å². The molecule has 0 N–H and O–H groups in total. The molecule has 34 valence electrons. The Balaban J connectivity index is 2.86. The molecule has 3 heteroatoms. The number of rotatable bonds is 2. The van der Waals surface area contributed by atoms with Gasteiger partial charge < -0.3 is 0 Å². The summed E-state index contributed by atoms with van der Waals surface area (Å²) in [6.45, 7) is 0.130. The zero-order valence-electron chi connectivity index (χ0n) is 2.98. The highest BCUT2D eigenvalue weighted by molar-refractivity contribution is 6.07. The van der Waals surface area contributed by atoms with Gasteiger partial charge in [-0.05, 0) is 0 Å². The van der Waals surface area contributed by atoms with Crippen molar-refractivity contribution in [3.8, 4) is 0 Å². The van der Waals surface area contributed by atoms with Crippen LogP contribution in [0, 0.1) is 0 Å². The van der Waals surface area contributed by atoms with E-state index in [0.717, 1.165) is 6.08 Å². The van der Waals surface area contributed by atoms with Crippen LogP contribution < -0.4 is 0 Å². The Kier molecular flexibility index (Phi) is 4.47. The van der Waals surface area contributed by atoms with E-state index in [1.165, 1.54) is 5.94 Å². The maximum absolute atomic E-state index is 9.24. The second-order valence-corrected chi connectivity index (χ2v) is 0.816. The molecule has 0 heterocycles. The maximum Gasteiger partial charge on any atom is 0.122 e. The predicted molar refractivity (Wildman–Crippen MR) is 22.1 cm³/mol. The fourth-order valence-corrected chi connectivity index (χ4v) is 0.129. The summed E-state index contributed by atoms with van der Waals surface area (Å²) in [7, 11) is 0. The van der Waals surface area contributed by atoms with Crippen LogP contribution in [0.2, 0.25) is 0 Å². The normalized spacial score (nSPS) is 6.83. The van der Waals surface area contributed by atoms with Crippen LogP contribution in [0.3, 0.4) is 0 Å². The first kappa shape index (κ1) is 5.70. The van der Waals surface area contributed by atoms with Gasteiger partial charge in [0, 0.05) is 6.08 Å². The first-order valence-electron chi connectivity index (χ1n) is 1.34. The fraction of sp³-hybridized carbons (Fsp3) is 0.333. The summed E-state index contributed by atoms with van der Waals surface area (Å²) in [4.78, 5) is 9.24. The molecule has 0 saturated carbocycles. The van der Waals surface area contributed by atoms with Crippen LogP contribution in [0.25, 0.3) is 0 Å². The van der Waals surface area contributed by atoms with Crippen molar-refractivity contribution in [3.05, 3.63) is 6.08 Å². The Hall–Kier alpha value is -0.300. The average Bonchev–Trinajstić information content (AvgIpc) is 1.61. The van der Waals surface area contributed by atoms with Gasteiger partial charge in [-0.15, -0.1) is 0 Å². The quantitative estimate of drug-likeness (QED) is 0.481. The Morgan fingerprint density at radius 1 is 2.00 bits per heavy atom. The molecule has 0 aliphatic rings. The van der Waals surface area contributed by atoms with Crippen LogP contribution in [0.5, 0.6) is 0 Å². The van der Waals surface area contributed by atoms with Gasteiger partial charge in [-0.25, -0.2) is 4.79 Å². The Morgan fingerprint density at radius 3 is 2.83 bits per heavy atom. The topological polar surface area (TPSA) is 26.3 Å². The van der Waals surface area contributed by atoms with Crippen molar-refractivity contribution in [3.63, 3.8) is 0 Å². The van der Waals surface area contributed by atoms with Gasteiger partial charge in [0.1, 0.15) is 5.94 Å².